The number of hydrogen-bond donors (Lipinski definition) is 1. The quantitative estimate of drug-likeness (QED) is 0.906. The van der Waals surface area contributed by atoms with Gasteiger partial charge in [-0.15, -0.1) is 0 Å². The Hall–Kier alpha value is -1.39. The summed E-state index contributed by atoms with van der Waals surface area (Å²) in [5.41, 5.74) is 7.66. The summed E-state index contributed by atoms with van der Waals surface area (Å²) in [6.45, 7) is 0. The maximum absolute atomic E-state index is 13.8. The first-order chi connectivity index (χ1) is 8.20. The van der Waals surface area contributed by atoms with Gasteiger partial charge in [-0.3, -0.25) is 0 Å². The molecule has 0 amide bonds. The van der Waals surface area contributed by atoms with Gasteiger partial charge in [0.1, 0.15) is 11.6 Å². The molecule has 0 saturated carbocycles. The van der Waals surface area contributed by atoms with E-state index in [1.807, 2.05) is 16.8 Å². The van der Waals surface area contributed by atoms with Gasteiger partial charge < -0.3 is 10.5 Å². The molecule has 0 aliphatic carbocycles. The number of nitrogens with two attached hydrogens (primary N) is 1. The lowest BCUT2D eigenvalue weighted by molar-refractivity contribution is 0.410. The van der Waals surface area contributed by atoms with Crippen molar-refractivity contribution in [3.63, 3.8) is 0 Å². The maximum atomic E-state index is 13.8. The molecule has 0 saturated heterocycles. The normalized spacial score (nSPS) is 12.4. The van der Waals surface area contributed by atoms with Crippen molar-refractivity contribution in [3.05, 3.63) is 52.0 Å². The van der Waals surface area contributed by atoms with Crippen LogP contribution in [0.15, 0.2) is 35.0 Å². The fourth-order valence-electron chi connectivity index (χ4n) is 1.71. The van der Waals surface area contributed by atoms with E-state index in [9.17, 15) is 4.39 Å². The molecule has 90 valence electrons. The second kappa shape index (κ2) is 5.29. The van der Waals surface area contributed by atoms with Crippen molar-refractivity contribution in [2.24, 2.45) is 5.73 Å². The van der Waals surface area contributed by atoms with Crippen LogP contribution in [0.2, 0.25) is 0 Å². The topological polar surface area (TPSA) is 35.2 Å². The number of methoxy groups -OCH3 is 1. The third-order valence-electron chi connectivity index (χ3n) is 2.64. The van der Waals surface area contributed by atoms with Crippen molar-refractivity contribution < 1.29 is 9.13 Å². The van der Waals surface area contributed by atoms with E-state index in [4.69, 9.17) is 10.5 Å². The summed E-state index contributed by atoms with van der Waals surface area (Å²) >= 11 is 1.62. The molecule has 2 aromatic rings. The first-order valence-electron chi connectivity index (χ1n) is 5.31. The second-order valence-corrected chi connectivity index (χ2v) is 4.61. The minimum Gasteiger partial charge on any atom is -0.497 e. The second-order valence-electron chi connectivity index (χ2n) is 3.83. The Balaban J connectivity index is 2.16. The number of rotatable bonds is 4. The largest absolute Gasteiger partial charge is 0.497 e. The number of ether oxygens (including phenoxy) is 1. The molecular formula is C13H14FNOS. The van der Waals surface area contributed by atoms with Gasteiger partial charge in [-0.25, -0.2) is 4.39 Å². The van der Waals surface area contributed by atoms with Crippen molar-refractivity contribution >= 4 is 11.3 Å². The van der Waals surface area contributed by atoms with Crippen molar-refractivity contribution in [1.82, 2.24) is 0 Å². The zero-order valence-corrected chi connectivity index (χ0v) is 10.3. The van der Waals surface area contributed by atoms with Crippen molar-refractivity contribution in [3.8, 4) is 5.75 Å². The van der Waals surface area contributed by atoms with Gasteiger partial charge in [-0.1, -0.05) is 6.07 Å². The van der Waals surface area contributed by atoms with Gasteiger partial charge in [-0.2, -0.15) is 11.3 Å². The molecule has 2 nitrogen and oxygen atoms in total. The molecule has 2 N–H and O–H groups in total. The van der Waals surface area contributed by atoms with E-state index in [0.29, 0.717) is 17.7 Å². The molecule has 0 radical (unpaired) electrons. The molecule has 0 aliphatic heterocycles. The summed E-state index contributed by atoms with van der Waals surface area (Å²) in [6.07, 6.45) is 0.646. The van der Waals surface area contributed by atoms with E-state index < -0.39 is 0 Å². The third kappa shape index (κ3) is 2.84. The van der Waals surface area contributed by atoms with E-state index in [1.165, 1.54) is 13.2 Å². The smallest absolute Gasteiger partial charge is 0.131 e. The summed E-state index contributed by atoms with van der Waals surface area (Å²) in [5.74, 6) is 0.195. The highest BCUT2D eigenvalue weighted by atomic mass is 32.1. The van der Waals surface area contributed by atoms with Gasteiger partial charge in [0.2, 0.25) is 0 Å². The van der Waals surface area contributed by atoms with Crippen molar-refractivity contribution in [1.29, 1.82) is 0 Å². The predicted molar refractivity (Wildman–Crippen MR) is 67.9 cm³/mol. The van der Waals surface area contributed by atoms with E-state index in [2.05, 4.69) is 0 Å². The summed E-state index contributed by atoms with van der Waals surface area (Å²) in [6, 6.07) is 6.46. The highest BCUT2D eigenvalue weighted by molar-refractivity contribution is 7.07. The summed E-state index contributed by atoms with van der Waals surface area (Å²) in [7, 11) is 1.51. The Kier molecular flexibility index (Phi) is 3.76. The highest BCUT2D eigenvalue weighted by Crippen LogP contribution is 2.23. The van der Waals surface area contributed by atoms with Crippen LogP contribution >= 0.6 is 11.3 Å². The minimum atomic E-state index is -0.324. The highest BCUT2D eigenvalue weighted by Gasteiger charge is 2.13. The Morgan fingerprint density at radius 2 is 2.24 bits per heavy atom. The first-order valence-corrected chi connectivity index (χ1v) is 6.25. The molecule has 1 aromatic carbocycles. The van der Waals surface area contributed by atoms with Crippen LogP contribution < -0.4 is 10.5 Å². The molecule has 0 spiro atoms. The van der Waals surface area contributed by atoms with Gasteiger partial charge in [0.05, 0.1) is 7.11 Å². The third-order valence-corrected chi connectivity index (χ3v) is 3.37. The van der Waals surface area contributed by atoms with Crippen LogP contribution in [0.1, 0.15) is 17.2 Å². The summed E-state index contributed by atoms with van der Waals surface area (Å²) < 4.78 is 18.7. The van der Waals surface area contributed by atoms with Crippen molar-refractivity contribution in [2.75, 3.05) is 7.11 Å². The van der Waals surface area contributed by atoms with Crippen LogP contribution in [0.5, 0.6) is 5.75 Å². The Morgan fingerprint density at radius 1 is 1.41 bits per heavy atom. The van der Waals surface area contributed by atoms with Gasteiger partial charge in [0, 0.05) is 17.7 Å². The average molecular weight is 251 g/mol. The lowest BCUT2D eigenvalue weighted by Gasteiger charge is -2.13. The van der Waals surface area contributed by atoms with Gasteiger partial charge >= 0.3 is 0 Å². The van der Waals surface area contributed by atoms with E-state index >= 15 is 0 Å². The van der Waals surface area contributed by atoms with Crippen LogP contribution in [0.3, 0.4) is 0 Å². The van der Waals surface area contributed by atoms with Crippen molar-refractivity contribution in [2.45, 2.75) is 12.5 Å². The molecular weight excluding hydrogens is 237 g/mol. The molecule has 1 atom stereocenters. The van der Waals surface area contributed by atoms with Gasteiger partial charge in [0.25, 0.3) is 0 Å². The van der Waals surface area contributed by atoms with Crippen LogP contribution in [0.4, 0.5) is 4.39 Å². The minimum absolute atomic E-state index is 0.313. The first kappa shape index (κ1) is 12.1. The molecule has 0 fully saturated rings. The standard InChI is InChI=1S/C13H14FNOS/c1-16-10-2-3-11(12(14)7-10)13(15)6-9-4-5-17-8-9/h2-5,7-8,13H,6,15H2,1H3. The van der Waals surface area contributed by atoms with Crippen LogP contribution in [-0.2, 0) is 6.42 Å². The molecule has 4 heteroatoms. The predicted octanol–water partition coefficient (Wildman–Crippen LogP) is 3.14. The number of thiophene rings is 1. The molecule has 0 bridgehead atoms. The summed E-state index contributed by atoms with van der Waals surface area (Å²) in [4.78, 5) is 0. The van der Waals surface area contributed by atoms with Crippen LogP contribution in [-0.4, -0.2) is 7.11 Å². The Morgan fingerprint density at radius 3 is 2.82 bits per heavy atom. The Labute approximate surface area is 104 Å². The Bertz CT molecular complexity index is 484. The zero-order chi connectivity index (χ0) is 12.3. The van der Waals surface area contributed by atoms with Crippen LogP contribution in [0, 0.1) is 5.82 Å². The van der Waals surface area contributed by atoms with Gasteiger partial charge in [-0.05, 0) is 34.9 Å². The van der Waals surface area contributed by atoms with E-state index in [0.717, 1.165) is 5.56 Å². The molecule has 1 unspecified atom stereocenters. The fraction of sp³-hybridized carbons (Fsp3) is 0.231. The maximum Gasteiger partial charge on any atom is 0.131 e. The number of hydrogen-bond acceptors (Lipinski definition) is 3. The van der Waals surface area contributed by atoms with E-state index in [1.54, 1.807) is 23.5 Å². The number of halogens is 1. The lowest BCUT2D eigenvalue weighted by Crippen LogP contribution is -2.14. The molecule has 1 aromatic heterocycles. The van der Waals surface area contributed by atoms with E-state index in [-0.39, 0.29) is 11.9 Å². The average Bonchev–Trinajstić information content (AvgIpc) is 2.81. The number of benzene rings is 1. The summed E-state index contributed by atoms with van der Waals surface area (Å²) in [5, 5.41) is 4.02. The molecule has 2 rings (SSSR count). The van der Waals surface area contributed by atoms with Crippen LogP contribution in [0.25, 0.3) is 0 Å². The lowest BCUT2D eigenvalue weighted by atomic mass is 10.0. The SMILES string of the molecule is COc1ccc(C(N)Cc2ccsc2)c(F)c1. The monoisotopic (exact) mass is 251 g/mol. The molecule has 17 heavy (non-hydrogen) atoms. The molecule has 1 heterocycles. The molecule has 0 aliphatic rings. The van der Waals surface area contributed by atoms with Gasteiger partial charge in [0.15, 0.2) is 0 Å². The zero-order valence-electron chi connectivity index (χ0n) is 9.52. The fourth-order valence-corrected chi connectivity index (χ4v) is 2.39.